The predicted octanol–water partition coefficient (Wildman–Crippen LogP) is 2.03. The zero-order valence-corrected chi connectivity index (χ0v) is 13.8. The maximum Gasteiger partial charge on any atom is 0.373 e. The molecule has 0 aromatic carbocycles. The third kappa shape index (κ3) is 4.69. The summed E-state index contributed by atoms with van der Waals surface area (Å²) in [7, 11) is 1.31. The molecule has 0 unspecified atom stereocenters. The van der Waals surface area contributed by atoms with Crippen LogP contribution in [0.3, 0.4) is 0 Å². The monoisotopic (exact) mass is 393 g/mol. The molecule has 0 spiro atoms. The Kier molecular flexibility index (Phi) is 6.83. The molecule has 0 atom stereocenters. The number of carbonyl (C=O) groups is 1. The van der Waals surface area contributed by atoms with Crippen LogP contribution in [0.25, 0.3) is 0 Å². The second kappa shape index (κ2) is 8.13. The fourth-order valence-corrected chi connectivity index (χ4v) is 2.16. The van der Waals surface area contributed by atoms with Gasteiger partial charge >= 0.3 is 5.97 Å². The molecular formula is C13H20IN3O3. The van der Waals surface area contributed by atoms with E-state index in [4.69, 9.17) is 10.2 Å². The largest absolute Gasteiger partial charge is 0.463 e. The number of furan rings is 1. The first-order chi connectivity index (χ1) is 9.19. The van der Waals surface area contributed by atoms with Crippen molar-refractivity contribution in [2.45, 2.75) is 38.3 Å². The van der Waals surface area contributed by atoms with Crippen LogP contribution >= 0.6 is 24.0 Å². The van der Waals surface area contributed by atoms with Crippen molar-refractivity contribution in [3.05, 3.63) is 23.7 Å². The molecule has 7 heteroatoms. The van der Waals surface area contributed by atoms with Gasteiger partial charge in [0, 0.05) is 6.04 Å². The minimum absolute atomic E-state index is 0. The number of halogens is 1. The number of carbonyl (C=O) groups excluding carboxylic acids is 1. The Morgan fingerprint density at radius 1 is 1.50 bits per heavy atom. The number of nitrogens with two attached hydrogens (primary N) is 1. The normalized spacial score (nSPS) is 15.8. The Balaban J connectivity index is 0.00000200. The lowest BCUT2D eigenvalue weighted by Gasteiger charge is -2.11. The minimum Gasteiger partial charge on any atom is -0.463 e. The molecule has 6 nitrogen and oxygen atoms in total. The van der Waals surface area contributed by atoms with Crippen LogP contribution in [0.4, 0.5) is 0 Å². The second-order valence-electron chi connectivity index (χ2n) is 4.58. The molecule has 1 fully saturated rings. The minimum atomic E-state index is -0.493. The van der Waals surface area contributed by atoms with E-state index >= 15 is 0 Å². The highest BCUT2D eigenvalue weighted by atomic mass is 127. The highest BCUT2D eigenvalue weighted by Crippen LogP contribution is 2.17. The molecule has 1 heterocycles. The SMILES string of the molecule is COC(=O)c1ccc(CN=C(N)NC2CCCC2)o1.I. The van der Waals surface area contributed by atoms with Crippen molar-refractivity contribution < 1.29 is 13.9 Å². The standard InChI is InChI=1S/C13H19N3O3.HI/c1-18-12(17)11-7-6-10(19-11)8-15-13(14)16-9-4-2-3-5-9;/h6-7,9H,2-5,8H2,1H3,(H3,14,15,16);1H. The number of hydrogen-bond donors (Lipinski definition) is 2. The van der Waals surface area contributed by atoms with Gasteiger partial charge in [0.05, 0.1) is 7.11 Å². The lowest BCUT2D eigenvalue weighted by molar-refractivity contribution is 0.0563. The average Bonchev–Trinajstić information content (AvgIpc) is 3.06. The third-order valence-corrected chi connectivity index (χ3v) is 3.16. The summed E-state index contributed by atoms with van der Waals surface area (Å²) in [4.78, 5) is 15.4. The maximum atomic E-state index is 11.2. The molecule has 3 N–H and O–H groups in total. The molecule has 0 aliphatic heterocycles. The summed E-state index contributed by atoms with van der Waals surface area (Å²) >= 11 is 0. The number of rotatable bonds is 4. The molecule has 0 bridgehead atoms. The highest BCUT2D eigenvalue weighted by molar-refractivity contribution is 14.0. The van der Waals surface area contributed by atoms with Gasteiger partial charge in [-0.3, -0.25) is 0 Å². The molecule has 1 saturated carbocycles. The molecule has 1 aliphatic rings. The van der Waals surface area contributed by atoms with Crippen LogP contribution in [-0.4, -0.2) is 25.1 Å². The molecule has 0 radical (unpaired) electrons. The summed E-state index contributed by atoms with van der Waals surface area (Å²) < 4.78 is 9.85. The van der Waals surface area contributed by atoms with Gasteiger partial charge in [-0.25, -0.2) is 9.79 Å². The zero-order valence-electron chi connectivity index (χ0n) is 11.4. The number of nitrogens with one attached hydrogen (secondary N) is 1. The van der Waals surface area contributed by atoms with Crippen molar-refractivity contribution >= 4 is 35.9 Å². The molecule has 0 amide bonds. The van der Waals surface area contributed by atoms with Crippen molar-refractivity contribution in [3.63, 3.8) is 0 Å². The Hall–Kier alpha value is -1.25. The first kappa shape index (κ1) is 16.8. The van der Waals surface area contributed by atoms with Gasteiger partial charge in [-0.1, -0.05) is 12.8 Å². The second-order valence-corrected chi connectivity index (χ2v) is 4.58. The van der Waals surface area contributed by atoms with Crippen molar-refractivity contribution in [2.75, 3.05) is 7.11 Å². The van der Waals surface area contributed by atoms with Gasteiger partial charge in [-0.05, 0) is 25.0 Å². The first-order valence-electron chi connectivity index (χ1n) is 6.42. The number of hydrogen-bond acceptors (Lipinski definition) is 4. The average molecular weight is 393 g/mol. The Labute approximate surface area is 135 Å². The Bertz CT molecular complexity index is 467. The molecule has 0 saturated heterocycles. The molecule has 20 heavy (non-hydrogen) atoms. The van der Waals surface area contributed by atoms with E-state index in [0.29, 0.717) is 24.3 Å². The Morgan fingerprint density at radius 3 is 2.85 bits per heavy atom. The summed E-state index contributed by atoms with van der Waals surface area (Å²) in [6.07, 6.45) is 4.77. The fourth-order valence-electron chi connectivity index (χ4n) is 2.16. The van der Waals surface area contributed by atoms with E-state index in [1.807, 2.05) is 0 Å². The lowest BCUT2D eigenvalue weighted by atomic mass is 10.2. The maximum absolute atomic E-state index is 11.2. The number of ether oxygens (including phenoxy) is 1. The van der Waals surface area contributed by atoms with E-state index in [1.54, 1.807) is 12.1 Å². The van der Waals surface area contributed by atoms with Crippen molar-refractivity contribution in [1.29, 1.82) is 0 Å². The zero-order chi connectivity index (χ0) is 13.7. The molecular weight excluding hydrogens is 373 g/mol. The smallest absolute Gasteiger partial charge is 0.373 e. The number of esters is 1. The summed E-state index contributed by atoms with van der Waals surface area (Å²) in [6, 6.07) is 3.70. The number of nitrogens with zero attached hydrogens (tertiary/aromatic N) is 1. The van der Waals surface area contributed by atoms with Crippen LogP contribution in [0, 0.1) is 0 Å². The fraction of sp³-hybridized carbons (Fsp3) is 0.538. The van der Waals surface area contributed by atoms with Crippen molar-refractivity contribution in [2.24, 2.45) is 10.7 Å². The van der Waals surface area contributed by atoms with Crippen molar-refractivity contribution in [1.82, 2.24) is 5.32 Å². The van der Waals surface area contributed by atoms with Crippen molar-refractivity contribution in [3.8, 4) is 0 Å². The number of methoxy groups -OCH3 is 1. The molecule has 112 valence electrons. The van der Waals surface area contributed by atoms with Gasteiger partial charge in [-0.15, -0.1) is 24.0 Å². The van der Waals surface area contributed by atoms with Gasteiger partial charge in [-0.2, -0.15) is 0 Å². The summed E-state index contributed by atoms with van der Waals surface area (Å²) in [5.74, 6) is 0.682. The van der Waals surface area contributed by atoms with Gasteiger partial charge in [0.1, 0.15) is 12.3 Å². The topological polar surface area (TPSA) is 89.8 Å². The van der Waals surface area contributed by atoms with Crippen LogP contribution in [0.5, 0.6) is 0 Å². The van der Waals surface area contributed by atoms with Gasteiger partial charge in [0.2, 0.25) is 5.76 Å². The summed E-state index contributed by atoms with van der Waals surface area (Å²) in [5.41, 5.74) is 5.80. The van der Waals surface area contributed by atoms with E-state index in [2.05, 4.69) is 15.0 Å². The summed E-state index contributed by atoms with van der Waals surface area (Å²) in [5, 5.41) is 3.18. The number of aliphatic imine (C=N–C) groups is 1. The van der Waals surface area contributed by atoms with Crippen LogP contribution < -0.4 is 11.1 Å². The summed E-state index contributed by atoms with van der Waals surface area (Å²) in [6.45, 7) is 0.308. The Morgan fingerprint density at radius 2 is 2.20 bits per heavy atom. The van der Waals surface area contributed by atoms with E-state index in [1.165, 1.54) is 20.0 Å². The van der Waals surface area contributed by atoms with Gasteiger partial charge in [0.25, 0.3) is 0 Å². The van der Waals surface area contributed by atoms with E-state index in [0.717, 1.165) is 12.8 Å². The highest BCUT2D eigenvalue weighted by Gasteiger charge is 2.15. The molecule has 1 aromatic rings. The van der Waals surface area contributed by atoms with Crippen LogP contribution in [0.2, 0.25) is 0 Å². The van der Waals surface area contributed by atoms with Crippen LogP contribution in [0.15, 0.2) is 21.5 Å². The van der Waals surface area contributed by atoms with Crippen LogP contribution in [0.1, 0.15) is 42.0 Å². The van der Waals surface area contributed by atoms with E-state index in [9.17, 15) is 4.79 Å². The molecule has 1 aromatic heterocycles. The molecule has 1 aliphatic carbocycles. The van der Waals surface area contributed by atoms with Gasteiger partial charge in [0.15, 0.2) is 5.96 Å². The third-order valence-electron chi connectivity index (χ3n) is 3.16. The quantitative estimate of drug-likeness (QED) is 0.354. The van der Waals surface area contributed by atoms with Gasteiger partial charge < -0.3 is 20.2 Å². The van der Waals surface area contributed by atoms with Crippen LogP contribution in [-0.2, 0) is 11.3 Å². The number of guanidine groups is 1. The van der Waals surface area contributed by atoms with E-state index in [-0.39, 0.29) is 29.7 Å². The molecule has 2 rings (SSSR count). The first-order valence-corrected chi connectivity index (χ1v) is 6.42. The lowest BCUT2D eigenvalue weighted by Crippen LogP contribution is -2.38. The van der Waals surface area contributed by atoms with E-state index < -0.39 is 5.97 Å². The predicted molar refractivity (Wildman–Crippen MR) is 86.2 cm³/mol.